The number of aromatic nitrogens is 3. The van der Waals surface area contributed by atoms with Crippen LogP contribution >= 0.6 is 0 Å². The molecule has 118 valence electrons. The third-order valence-electron chi connectivity index (χ3n) is 3.83. The summed E-state index contributed by atoms with van der Waals surface area (Å²) in [6.07, 6.45) is 6.80. The first-order valence-corrected chi connectivity index (χ1v) is 8.54. The lowest BCUT2D eigenvalue weighted by Gasteiger charge is -2.26. The van der Waals surface area contributed by atoms with Gasteiger partial charge in [0, 0.05) is 33.0 Å². The van der Waals surface area contributed by atoms with Gasteiger partial charge >= 0.3 is 0 Å². The fourth-order valence-corrected chi connectivity index (χ4v) is 4.00. The van der Waals surface area contributed by atoms with E-state index in [0.29, 0.717) is 6.54 Å². The van der Waals surface area contributed by atoms with Gasteiger partial charge in [0.25, 0.3) is 10.2 Å². The minimum absolute atomic E-state index is 0.212. The highest BCUT2D eigenvalue weighted by molar-refractivity contribution is 7.86. The van der Waals surface area contributed by atoms with Gasteiger partial charge in [-0.2, -0.15) is 17.0 Å². The van der Waals surface area contributed by atoms with Crippen LogP contribution in [0.3, 0.4) is 0 Å². The summed E-state index contributed by atoms with van der Waals surface area (Å²) in [5.41, 5.74) is 0.772. The average molecular weight is 321 g/mol. The number of imidazole rings is 1. The topological polar surface area (TPSA) is 71.3 Å². The van der Waals surface area contributed by atoms with Crippen molar-refractivity contribution in [1.29, 1.82) is 0 Å². The summed E-state index contributed by atoms with van der Waals surface area (Å²) in [5, 5.41) is 0. The summed E-state index contributed by atoms with van der Waals surface area (Å²) >= 11 is 0. The number of nitrogens with zero attached hydrogens (tertiary/aromatic N) is 5. The number of rotatable bonds is 4. The second kappa shape index (κ2) is 5.79. The molecule has 1 aliphatic heterocycles. The van der Waals surface area contributed by atoms with E-state index in [1.165, 1.54) is 8.61 Å². The molecule has 0 amide bonds. The maximum Gasteiger partial charge on any atom is 0.282 e. The molecule has 0 aromatic carbocycles. The zero-order valence-corrected chi connectivity index (χ0v) is 13.4. The SMILES string of the molecule is CN(C)S(=O)(=O)N1CCC[C@@H]1c1cccc(-n2ccnc2)n1. The van der Waals surface area contributed by atoms with Crippen molar-refractivity contribution in [3.63, 3.8) is 0 Å². The van der Waals surface area contributed by atoms with Crippen LogP contribution in [-0.2, 0) is 10.2 Å². The third kappa shape index (κ3) is 2.65. The van der Waals surface area contributed by atoms with E-state index in [1.807, 2.05) is 29.0 Å². The van der Waals surface area contributed by atoms with E-state index >= 15 is 0 Å². The Morgan fingerprint density at radius 2 is 2.14 bits per heavy atom. The molecule has 2 aromatic rings. The lowest BCUT2D eigenvalue weighted by molar-refractivity contribution is 0.358. The first-order chi connectivity index (χ1) is 10.5. The minimum Gasteiger partial charge on any atom is -0.291 e. The second-order valence-corrected chi connectivity index (χ2v) is 7.54. The maximum absolute atomic E-state index is 12.4. The Morgan fingerprint density at radius 1 is 1.32 bits per heavy atom. The minimum atomic E-state index is -3.43. The van der Waals surface area contributed by atoms with E-state index in [-0.39, 0.29) is 6.04 Å². The molecule has 1 saturated heterocycles. The molecule has 7 nitrogen and oxygen atoms in total. The highest BCUT2D eigenvalue weighted by Gasteiger charge is 2.37. The lowest BCUT2D eigenvalue weighted by Crippen LogP contribution is -2.39. The van der Waals surface area contributed by atoms with E-state index in [0.717, 1.165) is 24.4 Å². The Labute approximate surface area is 130 Å². The van der Waals surface area contributed by atoms with Crippen molar-refractivity contribution in [2.75, 3.05) is 20.6 Å². The van der Waals surface area contributed by atoms with Crippen LogP contribution in [0.2, 0.25) is 0 Å². The molecule has 0 unspecified atom stereocenters. The Bertz CT molecular complexity index is 742. The molecule has 1 atom stereocenters. The predicted octanol–water partition coefficient (Wildman–Crippen LogP) is 1.21. The molecule has 22 heavy (non-hydrogen) atoms. The lowest BCUT2D eigenvalue weighted by atomic mass is 10.1. The predicted molar refractivity (Wildman–Crippen MR) is 82.6 cm³/mol. The Kier molecular flexibility index (Phi) is 3.98. The van der Waals surface area contributed by atoms with Gasteiger partial charge in [0.05, 0.1) is 11.7 Å². The van der Waals surface area contributed by atoms with Crippen LogP contribution in [-0.4, -0.2) is 52.2 Å². The van der Waals surface area contributed by atoms with Crippen molar-refractivity contribution in [2.24, 2.45) is 0 Å². The molecule has 2 aromatic heterocycles. The molecular formula is C14H19N5O2S. The molecule has 1 aliphatic rings. The molecule has 3 heterocycles. The molecule has 0 bridgehead atoms. The second-order valence-electron chi connectivity index (χ2n) is 5.45. The molecule has 0 spiro atoms. The van der Waals surface area contributed by atoms with E-state index in [1.54, 1.807) is 26.6 Å². The molecule has 0 aliphatic carbocycles. The fourth-order valence-electron chi connectivity index (χ4n) is 2.69. The number of hydrogen-bond acceptors (Lipinski definition) is 4. The van der Waals surface area contributed by atoms with Crippen LogP contribution in [0.1, 0.15) is 24.6 Å². The number of pyridine rings is 1. The molecule has 3 rings (SSSR count). The smallest absolute Gasteiger partial charge is 0.282 e. The maximum atomic E-state index is 12.4. The van der Waals surface area contributed by atoms with Gasteiger partial charge in [-0.05, 0) is 25.0 Å². The van der Waals surface area contributed by atoms with Gasteiger partial charge in [-0.15, -0.1) is 0 Å². The van der Waals surface area contributed by atoms with Gasteiger partial charge in [-0.1, -0.05) is 6.07 Å². The molecule has 1 fully saturated rings. The van der Waals surface area contributed by atoms with Gasteiger partial charge in [0.2, 0.25) is 0 Å². The highest BCUT2D eigenvalue weighted by Crippen LogP contribution is 2.34. The van der Waals surface area contributed by atoms with Gasteiger partial charge in [0.1, 0.15) is 12.1 Å². The van der Waals surface area contributed by atoms with Gasteiger partial charge in [-0.3, -0.25) is 4.57 Å². The van der Waals surface area contributed by atoms with Crippen LogP contribution in [0.4, 0.5) is 0 Å². The van der Waals surface area contributed by atoms with E-state index in [4.69, 9.17) is 0 Å². The van der Waals surface area contributed by atoms with Crippen molar-refractivity contribution in [3.8, 4) is 5.82 Å². The standard InChI is InChI=1S/C14H19N5O2S/c1-17(2)22(20,21)19-9-4-6-13(19)12-5-3-7-14(16-12)18-10-8-15-11-18/h3,5,7-8,10-11,13H,4,6,9H2,1-2H3/t13-/m1/s1. The largest absolute Gasteiger partial charge is 0.291 e. The average Bonchev–Trinajstić information content (AvgIpc) is 3.19. The van der Waals surface area contributed by atoms with Crippen molar-refractivity contribution in [3.05, 3.63) is 42.6 Å². The van der Waals surface area contributed by atoms with Crippen LogP contribution in [0, 0.1) is 0 Å². The third-order valence-corrected chi connectivity index (χ3v) is 5.78. The summed E-state index contributed by atoms with van der Waals surface area (Å²) in [4.78, 5) is 8.63. The zero-order chi connectivity index (χ0) is 15.7. The molecule has 0 N–H and O–H groups in total. The van der Waals surface area contributed by atoms with Crippen LogP contribution in [0.25, 0.3) is 5.82 Å². The Morgan fingerprint density at radius 3 is 2.82 bits per heavy atom. The summed E-state index contributed by atoms with van der Waals surface area (Å²) in [7, 11) is -0.322. The monoisotopic (exact) mass is 321 g/mol. The molecular weight excluding hydrogens is 302 g/mol. The van der Waals surface area contributed by atoms with Gasteiger partial charge in [-0.25, -0.2) is 9.97 Å². The van der Waals surface area contributed by atoms with Crippen molar-refractivity contribution in [2.45, 2.75) is 18.9 Å². The number of hydrogen-bond donors (Lipinski definition) is 0. The van der Waals surface area contributed by atoms with Crippen molar-refractivity contribution < 1.29 is 8.42 Å². The quantitative estimate of drug-likeness (QED) is 0.848. The van der Waals surface area contributed by atoms with Crippen LogP contribution in [0.15, 0.2) is 36.9 Å². The first-order valence-electron chi connectivity index (χ1n) is 7.15. The zero-order valence-electron chi connectivity index (χ0n) is 12.6. The summed E-state index contributed by atoms with van der Waals surface area (Å²) in [6.45, 7) is 0.530. The highest BCUT2D eigenvalue weighted by atomic mass is 32.2. The van der Waals surface area contributed by atoms with Crippen LogP contribution < -0.4 is 0 Å². The Hall–Kier alpha value is -1.77. The summed E-state index contributed by atoms with van der Waals surface area (Å²) < 4.78 is 29.5. The summed E-state index contributed by atoms with van der Waals surface area (Å²) in [5.74, 6) is 0.740. The van der Waals surface area contributed by atoms with Gasteiger partial charge < -0.3 is 0 Å². The van der Waals surface area contributed by atoms with E-state index < -0.39 is 10.2 Å². The molecule has 8 heteroatoms. The van der Waals surface area contributed by atoms with E-state index in [9.17, 15) is 8.42 Å². The fraction of sp³-hybridized carbons (Fsp3) is 0.429. The van der Waals surface area contributed by atoms with Gasteiger partial charge in [0.15, 0.2) is 0 Å². The van der Waals surface area contributed by atoms with Crippen molar-refractivity contribution >= 4 is 10.2 Å². The summed E-state index contributed by atoms with van der Waals surface area (Å²) in [6, 6.07) is 5.45. The molecule has 0 saturated carbocycles. The van der Waals surface area contributed by atoms with Crippen molar-refractivity contribution in [1.82, 2.24) is 23.1 Å². The Balaban J connectivity index is 1.95. The first kappa shape index (κ1) is 15.1. The normalized spacial score (nSPS) is 19.9. The van der Waals surface area contributed by atoms with E-state index in [2.05, 4.69) is 9.97 Å². The van der Waals surface area contributed by atoms with Crippen LogP contribution in [0.5, 0.6) is 0 Å². The molecule has 0 radical (unpaired) electrons.